The van der Waals surface area contributed by atoms with Gasteiger partial charge < -0.3 is 0 Å². The molecule has 0 aliphatic rings. The number of hydrogen-bond acceptors (Lipinski definition) is 0. The van der Waals surface area contributed by atoms with Crippen LogP contribution >= 0.6 is 0 Å². The molecular formula is H18Ga6Mn5. The molecule has 71 valence electrons. The quantitative estimate of drug-likeness (QED) is 0.220. The standard InChI is InChI=1S/6Ga.5Mn.18H. The largest absolute Gasteiger partial charge is 0 e. The summed E-state index contributed by atoms with van der Waals surface area (Å²) in [5, 5.41) is 0. The van der Waals surface area contributed by atoms with Gasteiger partial charge >= 0.3 is 119 Å². The van der Waals surface area contributed by atoms with Gasteiger partial charge in [0.05, 0.1) is 0 Å². The molecule has 0 rings (SSSR count). The topological polar surface area (TPSA) is 0 Å². The van der Waals surface area contributed by atoms with Gasteiger partial charge in [-0.2, -0.15) is 0 Å². The van der Waals surface area contributed by atoms with E-state index in [1.165, 1.54) is 0 Å². The molecule has 0 spiro atoms. The van der Waals surface area contributed by atoms with Gasteiger partial charge in [-0.25, -0.2) is 0 Å². The molecule has 0 aromatic rings. The third-order valence-corrected chi connectivity index (χ3v) is 0. The zero-order valence-corrected chi connectivity index (χ0v) is 7.79. The fourth-order valence-electron chi connectivity index (χ4n) is 0. The molecule has 0 fully saturated rings. The summed E-state index contributed by atoms with van der Waals surface area (Å²) in [6.07, 6.45) is 0. The molecule has 0 aromatic carbocycles. The fraction of sp³-hybridized carbons (Fsp3) is 0. The summed E-state index contributed by atoms with van der Waals surface area (Å²) >= 11 is 0. The zero-order valence-electron chi connectivity index (χ0n) is 1.89. The molecule has 0 aromatic heterocycles. The Morgan fingerprint density at radius 3 is 0.182 bits per heavy atom. The maximum absolute atomic E-state index is 0. The first-order chi connectivity index (χ1) is 0. The van der Waals surface area contributed by atoms with E-state index in [4.69, 9.17) is 0 Å². The summed E-state index contributed by atoms with van der Waals surface area (Å²) in [7, 11) is 0. The number of rotatable bonds is 0. The number of hydrogen-bond donors (Lipinski definition) is 0. The summed E-state index contributed by atoms with van der Waals surface area (Å²) in [5.74, 6) is 0. The van der Waals surface area contributed by atoms with Crippen molar-refractivity contribution >= 4 is 119 Å². The SMILES string of the molecule is [GaH3].[GaH3].[GaH3].[GaH3].[GaH3].[GaH3].[Mn].[Mn].[Mn].[Mn].[Mn]. The van der Waals surface area contributed by atoms with Crippen LogP contribution in [0.1, 0.15) is 0 Å². The van der Waals surface area contributed by atoms with Crippen molar-refractivity contribution in [3.8, 4) is 0 Å². The molecule has 0 saturated heterocycles. The summed E-state index contributed by atoms with van der Waals surface area (Å²) in [6, 6.07) is 0. The molecule has 0 amide bonds. The molecule has 0 unspecified atom stereocenters. The van der Waals surface area contributed by atoms with Crippen LogP contribution in [0.5, 0.6) is 0 Å². The van der Waals surface area contributed by atoms with Crippen LogP contribution in [0.3, 0.4) is 0 Å². The van der Waals surface area contributed by atoms with Gasteiger partial charge in [0.25, 0.3) is 0 Å². The Morgan fingerprint density at radius 1 is 0.182 bits per heavy atom. The monoisotopic (exact) mass is 706 g/mol. The predicted octanol–water partition coefficient (Wildman–Crippen LogP) is -7.12. The normalized spacial score (nSPS) is 0. The van der Waals surface area contributed by atoms with Crippen LogP contribution in [0, 0.1) is 0 Å². The van der Waals surface area contributed by atoms with Crippen LogP contribution in [0.15, 0.2) is 0 Å². The van der Waals surface area contributed by atoms with Crippen molar-refractivity contribution in [3.05, 3.63) is 0 Å². The van der Waals surface area contributed by atoms with Crippen LogP contribution in [0.4, 0.5) is 0 Å². The molecule has 0 N–H and O–H groups in total. The molecule has 11 heavy (non-hydrogen) atoms. The van der Waals surface area contributed by atoms with E-state index >= 15 is 0 Å². The zero-order chi connectivity index (χ0) is 0. The van der Waals surface area contributed by atoms with Gasteiger partial charge in [0.1, 0.15) is 0 Å². The first-order valence-electron chi connectivity index (χ1n) is 0. The van der Waals surface area contributed by atoms with Crippen molar-refractivity contribution < 1.29 is 85.3 Å². The minimum atomic E-state index is 0. The van der Waals surface area contributed by atoms with Crippen molar-refractivity contribution in [3.63, 3.8) is 0 Å². The van der Waals surface area contributed by atoms with Crippen LogP contribution in [-0.4, -0.2) is 119 Å². The van der Waals surface area contributed by atoms with Crippen molar-refractivity contribution in [1.29, 1.82) is 0 Å². The first-order valence-corrected chi connectivity index (χ1v) is 0. The molecule has 0 aliphatic carbocycles. The van der Waals surface area contributed by atoms with Gasteiger partial charge in [-0.15, -0.1) is 0 Å². The van der Waals surface area contributed by atoms with Crippen molar-refractivity contribution in [1.82, 2.24) is 0 Å². The average Bonchev–Trinajstić information content (AvgIpc) is 0. The van der Waals surface area contributed by atoms with Crippen LogP contribution in [0.25, 0.3) is 0 Å². The van der Waals surface area contributed by atoms with Crippen molar-refractivity contribution in [2.45, 2.75) is 0 Å². The van der Waals surface area contributed by atoms with Crippen LogP contribution < -0.4 is 0 Å². The molecular weight excluding hydrogens is 693 g/mol. The molecule has 0 atom stereocenters. The van der Waals surface area contributed by atoms with Gasteiger partial charge in [-0.3, -0.25) is 0 Å². The minimum absolute atomic E-state index is 0. The summed E-state index contributed by atoms with van der Waals surface area (Å²) < 4.78 is 0. The Bertz CT molecular complexity index is 10.9. The Balaban J connectivity index is 0. The predicted molar refractivity (Wildman–Crippen MR) is 59.6 cm³/mol. The fourth-order valence-corrected chi connectivity index (χ4v) is 0. The van der Waals surface area contributed by atoms with Gasteiger partial charge in [0, 0.05) is 85.3 Å². The summed E-state index contributed by atoms with van der Waals surface area (Å²) in [5.41, 5.74) is 0. The van der Waals surface area contributed by atoms with Gasteiger partial charge in [-0.05, 0) is 0 Å². The summed E-state index contributed by atoms with van der Waals surface area (Å²) in [6.45, 7) is 0. The average molecular weight is 711 g/mol. The molecule has 0 heterocycles. The maximum atomic E-state index is 0. The van der Waals surface area contributed by atoms with E-state index < -0.39 is 0 Å². The molecule has 5 radical (unpaired) electrons. The molecule has 0 saturated carbocycles. The molecule has 11 heteroatoms. The van der Waals surface area contributed by atoms with Crippen molar-refractivity contribution in [2.75, 3.05) is 0 Å². The van der Waals surface area contributed by atoms with Gasteiger partial charge in [0.15, 0.2) is 0 Å². The van der Waals surface area contributed by atoms with E-state index in [1.807, 2.05) is 0 Å². The molecule has 0 aliphatic heterocycles. The van der Waals surface area contributed by atoms with E-state index in [0.717, 1.165) is 0 Å². The minimum Gasteiger partial charge on any atom is 0 e. The van der Waals surface area contributed by atoms with E-state index in [-0.39, 0.29) is 204 Å². The third-order valence-electron chi connectivity index (χ3n) is 0. The second-order valence-corrected chi connectivity index (χ2v) is 0. The van der Waals surface area contributed by atoms with E-state index in [9.17, 15) is 0 Å². The summed E-state index contributed by atoms with van der Waals surface area (Å²) in [4.78, 5) is 0. The third kappa shape index (κ3) is 82.9. The van der Waals surface area contributed by atoms with Crippen LogP contribution in [-0.2, 0) is 85.3 Å². The Hall–Kier alpha value is 6.42. The second kappa shape index (κ2) is 94.8. The molecule has 0 bridgehead atoms. The van der Waals surface area contributed by atoms with Crippen LogP contribution in [0.2, 0.25) is 0 Å². The van der Waals surface area contributed by atoms with E-state index in [2.05, 4.69) is 0 Å². The van der Waals surface area contributed by atoms with Gasteiger partial charge in [-0.1, -0.05) is 0 Å². The van der Waals surface area contributed by atoms with E-state index in [1.54, 1.807) is 0 Å². The van der Waals surface area contributed by atoms with Gasteiger partial charge in [0.2, 0.25) is 0 Å². The molecule has 0 nitrogen and oxygen atoms in total. The maximum Gasteiger partial charge on any atom is 0 e. The Labute approximate surface area is 199 Å². The Morgan fingerprint density at radius 2 is 0.182 bits per heavy atom. The van der Waals surface area contributed by atoms with E-state index in [0.29, 0.717) is 0 Å². The van der Waals surface area contributed by atoms with Crippen molar-refractivity contribution in [2.24, 2.45) is 0 Å². The first kappa shape index (κ1) is 114. The Kier molecular flexibility index (Phi) is 982. The second-order valence-electron chi connectivity index (χ2n) is 0. The smallest absolute Gasteiger partial charge is 0 e.